The summed E-state index contributed by atoms with van der Waals surface area (Å²) in [6.07, 6.45) is 2.15. The van der Waals surface area contributed by atoms with Crippen molar-refractivity contribution in [1.82, 2.24) is 5.32 Å². The van der Waals surface area contributed by atoms with Crippen molar-refractivity contribution in [1.29, 1.82) is 0 Å². The van der Waals surface area contributed by atoms with Crippen LogP contribution < -0.4 is 11.1 Å². The molecule has 4 nitrogen and oxygen atoms in total. The molecule has 0 aliphatic heterocycles. The Morgan fingerprint density at radius 2 is 1.64 bits per heavy atom. The number of carbonyl (C=O) groups excluding carboxylic acids is 1. The first kappa shape index (κ1) is 21.2. The molecule has 1 atom stereocenters. The number of amides is 1. The van der Waals surface area contributed by atoms with E-state index in [-0.39, 0.29) is 24.4 Å². The van der Waals surface area contributed by atoms with Gasteiger partial charge in [0.05, 0.1) is 6.61 Å². The Morgan fingerprint density at radius 1 is 1.00 bits per heavy atom. The lowest BCUT2D eigenvalue weighted by Gasteiger charge is -2.12. The molecule has 0 saturated carbocycles. The van der Waals surface area contributed by atoms with E-state index in [2.05, 4.69) is 17.4 Å². The normalized spacial score (nSPS) is 11.4. The summed E-state index contributed by atoms with van der Waals surface area (Å²) in [4.78, 5) is 11.9. The summed E-state index contributed by atoms with van der Waals surface area (Å²) in [7, 11) is 0. The fraction of sp³-hybridized carbons (Fsp3) is 0.350. The standard InChI is InChI=1S/C20H26N2O2.ClH/c21-19(18-11-5-2-6-12-18)15-20(23)22-13-7-8-14-24-16-17-9-3-1-4-10-17;/h1-6,9-12,19H,7-8,13-16,21H2,(H,22,23);1H. The number of hydrogen-bond donors (Lipinski definition) is 2. The molecule has 2 rings (SSSR count). The van der Waals surface area contributed by atoms with Crippen molar-refractivity contribution in [3.8, 4) is 0 Å². The number of nitrogens with one attached hydrogen (secondary N) is 1. The van der Waals surface area contributed by atoms with Gasteiger partial charge in [0.2, 0.25) is 5.91 Å². The second-order valence-corrected chi connectivity index (χ2v) is 5.82. The molecule has 0 fully saturated rings. The number of rotatable bonds is 10. The van der Waals surface area contributed by atoms with E-state index in [4.69, 9.17) is 10.5 Å². The predicted molar refractivity (Wildman–Crippen MR) is 104 cm³/mol. The van der Waals surface area contributed by atoms with Crippen LogP contribution >= 0.6 is 12.4 Å². The van der Waals surface area contributed by atoms with Crippen molar-refractivity contribution in [2.45, 2.75) is 31.9 Å². The molecule has 0 saturated heterocycles. The molecule has 0 heterocycles. The Labute approximate surface area is 156 Å². The Bertz CT molecular complexity index is 593. The SMILES string of the molecule is Cl.NC(CC(=O)NCCCCOCc1ccccc1)c1ccccc1. The zero-order valence-electron chi connectivity index (χ0n) is 14.4. The molecule has 0 radical (unpaired) electrons. The van der Waals surface area contributed by atoms with Crippen LogP contribution in [0.5, 0.6) is 0 Å². The van der Waals surface area contributed by atoms with Crippen LogP contribution in [0.1, 0.15) is 36.4 Å². The third kappa shape index (κ3) is 8.68. The molecule has 1 unspecified atom stereocenters. The van der Waals surface area contributed by atoms with Crippen LogP contribution in [0.3, 0.4) is 0 Å². The van der Waals surface area contributed by atoms with E-state index in [9.17, 15) is 4.79 Å². The molecule has 2 aromatic rings. The van der Waals surface area contributed by atoms with Crippen LogP contribution in [0, 0.1) is 0 Å². The van der Waals surface area contributed by atoms with Gasteiger partial charge in [0.1, 0.15) is 0 Å². The van der Waals surface area contributed by atoms with Gasteiger partial charge in [0, 0.05) is 25.6 Å². The minimum absolute atomic E-state index is 0. The van der Waals surface area contributed by atoms with Gasteiger partial charge in [-0.3, -0.25) is 4.79 Å². The average Bonchev–Trinajstić information content (AvgIpc) is 2.62. The van der Waals surface area contributed by atoms with Crippen LogP contribution in [-0.2, 0) is 16.1 Å². The summed E-state index contributed by atoms with van der Waals surface area (Å²) in [6.45, 7) is 2.00. The van der Waals surface area contributed by atoms with E-state index in [1.54, 1.807) is 0 Å². The highest BCUT2D eigenvalue weighted by molar-refractivity contribution is 5.85. The first-order chi connectivity index (χ1) is 11.8. The fourth-order valence-corrected chi connectivity index (χ4v) is 2.41. The van der Waals surface area contributed by atoms with Crippen molar-refractivity contribution in [3.05, 3.63) is 71.8 Å². The second-order valence-electron chi connectivity index (χ2n) is 5.82. The molecule has 25 heavy (non-hydrogen) atoms. The molecular weight excluding hydrogens is 336 g/mol. The van der Waals surface area contributed by atoms with E-state index in [0.29, 0.717) is 26.2 Å². The number of carbonyl (C=O) groups is 1. The number of benzene rings is 2. The molecule has 3 N–H and O–H groups in total. The van der Waals surface area contributed by atoms with Gasteiger partial charge in [-0.2, -0.15) is 0 Å². The zero-order chi connectivity index (χ0) is 17.0. The summed E-state index contributed by atoms with van der Waals surface area (Å²) >= 11 is 0. The molecule has 0 aromatic heterocycles. The maximum Gasteiger partial charge on any atom is 0.221 e. The van der Waals surface area contributed by atoms with Crippen molar-refractivity contribution in [2.24, 2.45) is 5.73 Å². The van der Waals surface area contributed by atoms with Gasteiger partial charge < -0.3 is 15.8 Å². The Hall–Kier alpha value is -1.88. The number of ether oxygens (including phenoxy) is 1. The molecular formula is C20H27ClN2O2. The highest BCUT2D eigenvalue weighted by Crippen LogP contribution is 2.12. The summed E-state index contributed by atoms with van der Waals surface area (Å²) in [5.41, 5.74) is 8.21. The zero-order valence-corrected chi connectivity index (χ0v) is 15.2. The van der Waals surface area contributed by atoms with Gasteiger partial charge in [-0.1, -0.05) is 60.7 Å². The van der Waals surface area contributed by atoms with Crippen LogP contribution in [0.25, 0.3) is 0 Å². The lowest BCUT2D eigenvalue weighted by molar-refractivity contribution is -0.121. The van der Waals surface area contributed by atoms with E-state index in [0.717, 1.165) is 18.4 Å². The van der Waals surface area contributed by atoms with Crippen LogP contribution in [0.15, 0.2) is 60.7 Å². The highest BCUT2D eigenvalue weighted by atomic mass is 35.5. The first-order valence-corrected chi connectivity index (χ1v) is 8.44. The van der Waals surface area contributed by atoms with Crippen molar-refractivity contribution < 1.29 is 9.53 Å². The molecule has 0 spiro atoms. The average molecular weight is 363 g/mol. The molecule has 0 bridgehead atoms. The van der Waals surface area contributed by atoms with Gasteiger partial charge >= 0.3 is 0 Å². The first-order valence-electron chi connectivity index (χ1n) is 8.44. The van der Waals surface area contributed by atoms with Crippen LogP contribution in [-0.4, -0.2) is 19.1 Å². The Kier molecular flexibility index (Phi) is 10.6. The van der Waals surface area contributed by atoms with E-state index >= 15 is 0 Å². The Balaban J connectivity index is 0.00000312. The number of nitrogens with two attached hydrogens (primary N) is 1. The molecule has 2 aromatic carbocycles. The summed E-state index contributed by atoms with van der Waals surface area (Å²) < 4.78 is 5.62. The second kappa shape index (κ2) is 12.5. The molecule has 1 amide bonds. The predicted octanol–water partition coefficient (Wildman–Crippen LogP) is 3.61. The lowest BCUT2D eigenvalue weighted by atomic mass is 10.0. The molecule has 136 valence electrons. The van der Waals surface area contributed by atoms with Crippen LogP contribution in [0.4, 0.5) is 0 Å². The smallest absolute Gasteiger partial charge is 0.221 e. The summed E-state index contributed by atoms with van der Waals surface area (Å²) in [5.74, 6) is -0.00319. The molecule has 5 heteroatoms. The molecule has 0 aliphatic rings. The number of halogens is 1. The quantitative estimate of drug-likeness (QED) is 0.634. The number of hydrogen-bond acceptors (Lipinski definition) is 3. The van der Waals surface area contributed by atoms with Gasteiger partial charge in [-0.15, -0.1) is 12.4 Å². The summed E-state index contributed by atoms with van der Waals surface area (Å²) in [6, 6.07) is 19.6. The van der Waals surface area contributed by atoms with Crippen LogP contribution in [0.2, 0.25) is 0 Å². The lowest BCUT2D eigenvalue weighted by Crippen LogP contribution is -2.28. The monoisotopic (exact) mass is 362 g/mol. The minimum atomic E-state index is -0.250. The topological polar surface area (TPSA) is 64.4 Å². The largest absolute Gasteiger partial charge is 0.377 e. The van der Waals surface area contributed by atoms with Gasteiger partial charge in [-0.25, -0.2) is 0 Å². The third-order valence-corrected chi connectivity index (χ3v) is 3.78. The van der Waals surface area contributed by atoms with E-state index < -0.39 is 0 Å². The summed E-state index contributed by atoms with van der Waals surface area (Å²) in [5, 5.41) is 2.92. The number of unbranched alkanes of at least 4 members (excludes halogenated alkanes) is 1. The maximum absolute atomic E-state index is 11.9. The van der Waals surface area contributed by atoms with E-state index in [1.165, 1.54) is 5.56 Å². The Morgan fingerprint density at radius 3 is 2.32 bits per heavy atom. The van der Waals surface area contributed by atoms with Crippen molar-refractivity contribution in [2.75, 3.05) is 13.2 Å². The maximum atomic E-state index is 11.9. The highest BCUT2D eigenvalue weighted by Gasteiger charge is 2.10. The van der Waals surface area contributed by atoms with E-state index in [1.807, 2.05) is 48.5 Å². The van der Waals surface area contributed by atoms with Crippen molar-refractivity contribution >= 4 is 18.3 Å². The molecule has 0 aliphatic carbocycles. The van der Waals surface area contributed by atoms with Gasteiger partial charge in [0.25, 0.3) is 0 Å². The minimum Gasteiger partial charge on any atom is -0.377 e. The fourth-order valence-electron chi connectivity index (χ4n) is 2.41. The van der Waals surface area contributed by atoms with Gasteiger partial charge in [-0.05, 0) is 24.0 Å². The third-order valence-electron chi connectivity index (χ3n) is 3.78. The van der Waals surface area contributed by atoms with Crippen molar-refractivity contribution in [3.63, 3.8) is 0 Å². The van der Waals surface area contributed by atoms with Gasteiger partial charge in [0.15, 0.2) is 0 Å².